The quantitative estimate of drug-likeness (QED) is 0.363. The summed E-state index contributed by atoms with van der Waals surface area (Å²) < 4.78 is 0. The van der Waals surface area contributed by atoms with E-state index in [1.54, 1.807) is 23.1 Å². The minimum Gasteiger partial charge on any atom is -0.384 e. The van der Waals surface area contributed by atoms with E-state index in [1.807, 2.05) is 82.3 Å². The fourth-order valence-corrected chi connectivity index (χ4v) is 5.44. The molecule has 0 bridgehead atoms. The van der Waals surface area contributed by atoms with Crippen LogP contribution in [0.25, 0.3) is 11.1 Å². The van der Waals surface area contributed by atoms with Crippen molar-refractivity contribution in [2.75, 3.05) is 13.1 Å². The maximum absolute atomic E-state index is 13.7. The van der Waals surface area contributed by atoms with E-state index in [0.29, 0.717) is 35.1 Å². The Balaban J connectivity index is 1.50. The van der Waals surface area contributed by atoms with Crippen molar-refractivity contribution in [3.63, 3.8) is 0 Å². The Kier molecular flexibility index (Phi) is 8.22. The first-order chi connectivity index (χ1) is 17.9. The van der Waals surface area contributed by atoms with Crippen LogP contribution in [0.15, 0.2) is 72.8 Å². The highest BCUT2D eigenvalue weighted by Crippen LogP contribution is 2.46. The Morgan fingerprint density at radius 1 is 0.921 bits per heavy atom. The second kappa shape index (κ2) is 11.1. The molecule has 3 aromatic rings. The summed E-state index contributed by atoms with van der Waals surface area (Å²) in [5.74, 6) is -0.568. The molecule has 200 valence electrons. The van der Waals surface area contributed by atoms with E-state index in [4.69, 9.17) is 23.2 Å². The van der Waals surface area contributed by atoms with Crippen molar-refractivity contribution in [3.05, 3.63) is 94.0 Å². The standard InChI is InChI=1S/C31H34Cl2N2O3/c1-20(2)27(34-28(36)23-7-5-6-22(18-23)21-8-12-25(32)13-9-21)29(37)35-17-16-31(38,30(3,4)19-35)24-10-14-26(33)15-11-24/h5-15,18,20,27,38H,16-17,19H2,1-4H3,(H,34,36)/t27-,31+/m1/s1. The highest BCUT2D eigenvalue weighted by Gasteiger charge is 2.50. The zero-order valence-corrected chi connectivity index (χ0v) is 23.7. The third-order valence-electron chi connectivity index (χ3n) is 7.60. The Labute approximate surface area is 234 Å². The number of aliphatic hydroxyl groups is 1. The summed E-state index contributed by atoms with van der Waals surface area (Å²) in [7, 11) is 0. The van der Waals surface area contributed by atoms with Crippen LogP contribution in [0.1, 0.15) is 50.0 Å². The van der Waals surface area contributed by atoms with E-state index in [1.165, 1.54) is 0 Å². The van der Waals surface area contributed by atoms with Crippen molar-refractivity contribution in [3.8, 4) is 11.1 Å². The van der Waals surface area contributed by atoms with Gasteiger partial charge in [0, 0.05) is 34.1 Å². The van der Waals surface area contributed by atoms with Gasteiger partial charge in [0.25, 0.3) is 5.91 Å². The zero-order valence-electron chi connectivity index (χ0n) is 22.2. The highest BCUT2D eigenvalue weighted by atomic mass is 35.5. The van der Waals surface area contributed by atoms with Crippen LogP contribution in [0.4, 0.5) is 0 Å². The predicted octanol–water partition coefficient (Wildman–Crippen LogP) is 6.56. The third-order valence-corrected chi connectivity index (χ3v) is 8.11. The van der Waals surface area contributed by atoms with Gasteiger partial charge in [-0.1, -0.05) is 87.3 Å². The molecule has 0 saturated carbocycles. The summed E-state index contributed by atoms with van der Waals surface area (Å²) in [5.41, 5.74) is 1.38. The second-order valence-electron chi connectivity index (χ2n) is 11.0. The van der Waals surface area contributed by atoms with Gasteiger partial charge in [-0.15, -0.1) is 0 Å². The number of amides is 2. The molecule has 0 unspecified atom stereocenters. The molecule has 4 rings (SSSR count). The number of likely N-dealkylation sites (tertiary alicyclic amines) is 1. The first-order valence-electron chi connectivity index (χ1n) is 12.9. The van der Waals surface area contributed by atoms with Crippen LogP contribution in [0.5, 0.6) is 0 Å². The van der Waals surface area contributed by atoms with Gasteiger partial charge < -0.3 is 15.3 Å². The number of hydrogen-bond acceptors (Lipinski definition) is 3. The number of halogens is 2. The maximum atomic E-state index is 13.7. The number of carbonyl (C=O) groups excluding carboxylic acids is 2. The molecule has 1 aliphatic heterocycles. The summed E-state index contributed by atoms with van der Waals surface area (Å²) in [6, 6.07) is 21.3. The number of hydrogen-bond donors (Lipinski definition) is 2. The lowest BCUT2D eigenvalue weighted by Crippen LogP contribution is -2.60. The van der Waals surface area contributed by atoms with Crippen LogP contribution < -0.4 is 5.32 Å². The van der Waals surface area contributed by atoms with Gasteiger partial charge in [0.2, 0.25) is 5.91 Å². The monoisotopic (exact) mass is 552 g/mol. The summed E-state index contributed by atoms with van der Waals surface area (Å²) in [4.78, 5) is 28.7. The smallest absolute Gasteiger partial charge is 0.251 e. The number of piperidine rings is 1. The van der Waals surface area contributed by atoms with Crippen LogP contribution in [0.2, 0.25) is 10.0 Å². The molecule has 0 radical (unpaired) electrons. The molecule has 2 amide bonds. The average molecular weight is 554 g/mol. The minimum atomic E-state index is -1.10. The fourth-order valence-electron chi connectivity index (χ4n) is 5.19. The Bertz CT molecular complexity index is 1310. The van der Waals surface area contributed by atoms with Gasteiger partial charge in [-0.05, 0) is 65.4 Å². The van der Waals surface area contributed by atoms with E-state index < -0.39 is 17.1 Å². The number of rotatable bonds is 6. The largest absolute Gasteiger partial charge is 0.384 e. The minimum absolute atomic E-state index is 0.119. The molecular formula is C31H34Cl2N2O3. The summed E-state index contributed by atoms with van der Waals surface area (Å²) >= 11 is 12.1. The van der Waals surface area contributed by atoms with Crippen molar-refractivity contribution >= 4 is 35.0 Å². The molecule has 1 heterocycles. The van der Waals surface area contributed by atoms with Crippen LogP contribution in [0, 0.1) is 11.3 Å². The Morgan fingerprint density at radius 2 is 1.53 bits per heavy atom. The van der Waals surface area contributed by atoms with E-state index in [2.05, 4.69) is 5.32 Å². The summed E-state index contributed by atoms with van der Waals surface area (Å²) in [6.45, 7) is 8.51. The maximum Gasteiger partial charge on any atom is 0.251 e. The molecule has 0 aliphatic carbocycles. The van der Waals surface area contributed by atoms with Crippen LogP contribution >= 0.6 is 23.2 Å². The number of carbonyl (C=O) groups is 2. The molecule has 5 nitrogen and oxygen atoms in total. The van der Waals surface area contributed by atoms with Gasteiger partial charge in [-0.25, -0.2) is 0 Å². The summed E-state index contributed by atoms with van der Waals surface area (Å²) in [5, 5.41) is 15.9. The van der Waals surface area contributed by atoms with Crippen molar-refractivity contribution in [2.45, 2.75) is 45.8 Å². The average Bonchev–Trinajstić information content (AvgIpc) is 2.89. The Hall–Kier alpha value is -2.86. The molecule has 3 aromatic carbocycles. The lowest BCUT2D eigenvalue weighted by atomic mass is 9.66. The first kappa shape index (κ1) is 28.2. The molecule has 2 N–H and O–H groups in total. The molecule has 0 spiro atoms. The molecule has 38 heavy (non-hydrogen) atoms. The summed E-state index contributed by atoms with van der Waals surface area (Å²) in [6.07, 6.45) is 0.384. The second-order valence-corrected chi connectivity index (χ2v) is 11.9. The molecule has 7 heteroatoms. The van der Waals surface area contributed by atoms with Crippen molar-refractivity contribution in [2.24, 2.45) is 11.3 Å². The zero-order chi connectivity index (χ0) is 27.7. The lowest BCUT2D eigenvalue weighted by Gasteiger charge is -2.51. The Morgan fingerprint density at radius 3 is 2.11 bits per heavy atom. The lowest BCUT2D eigenvalue weighted by molar-refractivity contribution is -0.155. The van der Waals surface area contributed by atoms with E-state index in [9.17, 15) is 14.7 Å². The van der Waals surface area contributed by atoms with Crippen LogP contribution in [0.3, 0.4) is 0 Å². The highest BCUT2D eigenvalue weighted by molar-refractivity contribution is 6.30. The number of nitrogens with zero attached hydrogens (tertiary/aromatic N) is 1. The van der Waals surface area contributed by atoms with E-state index in [-0.39, 0.29) is 17.7 Å². The molecular weight excluding hydrogens is 519 g/mol. The molecule has 0 aromatic heterocycles. The van der Waals surface area contributed by atoms with Crippen molar-refractivity contribution in [1.29, 1.82) is 0 Å². The molecule has 1 aliphatic rings. The normalized spacial score (nSPS) is 19.7. The van der Waals surface area contributed by atoms with E-state index in [0.717, 1.165) is 16.7 Å². The van der Waals surface area contributed by atoms with Crippen molar-refractivity contribution < 1.29 is 14.7 Å². The molecule has 2 atom stereocenters. The molecule has 1 fully saturated rings. The van der Waals surface area contributed by atoms with Crippen LogP contribution in [-0.4, -0.2) is 41.0 Å². The van der Waals surface area contributed by atoms with Gasteiger partial charge in [-0.2, -0.15) is 0 Å². The van der Waals surface area contributed by atoms with Gasteiger partial charge in [0.05, 0.1) is 5.60 Å². The van der Waals surface area contributed by atoms with Gasteiger partial charge in [-0.3, -0.25) is 9.59 Å². The van der Waals surface area contributed by atoms with Gasteiger partial charge in [0.15, 0.2) is 0 Å². The predicted molar refractivity (Wildman–Crippen MR) is 153 cm³/mol. The molecule has 1 saturated heterocycles. The first-order valence-corrected chi connectivity index (χ1v) is 13.6. The third kappa shape index (κ3) is 5.75. The number of benzene rings is 3. The van der Waals surface area contributed by atoms with Crippen molar-refractivity contribution in [1.82, 2.24) is 10.2 Å². The van der Waals surface area contributed by atoms with Gasteiger partial charge >= 0.3 is 0 Å². The fraction of sp³-hybridized carbons (Fsp3) is 0.355. The SMILES string of the molecule is CC(C)[C@@H](NC(=O)c1cccc(-c2ccc(Cl)cc2)c1)C(=O)N1CC[C@](O)(c2ccc(Cl)cc2)C(C)(C)C1. The van der Waals surface area contributed by atoms with E-state index >= 15 is 0 Å². The number of nitrogens with one attached hydrogen (secondary N) is 1. The van der Waals surface area contributed by atoms with Gasteiger partial charge in [0.1, 0.15) is 6.04 Å². The topological polar surface area (TPSA) is 69.6 Å². The van der Waals surface area contributed by atoms with Crippen LogP contribution in [-0.2, 0) is 10.4 Å².